The van der Waals surface area contributed by atoms with E-state index in [-0.39, 0.29) is 36.3 Å². The van der Waals surface area contributed by atoms with Crippen LogP contribution in [0.25, 0.3) is 11.1 Å². The molecule has 2 atom stereocenters. The van der Waals surface area contributed by atoms with Crippen LogP contribution >= 0.6 is 0 Å². The summed E-state index contributed by atoms with van der Waals surface area (Å²) in [6, 6.07) is 9.84. The number of halogens is 6. The standard InChI is InChI=1S/C32H30F6N4O2/c1-18(2)11-27(42-10-8-29(41-42)32(36,37)38)28(43)16-21(12-19-13-22(33)17-23(34)14-19)30-24(5-4-9-40-30)20-6-7-26(35)25(15-20)31(44)39-3/h4-10,13-15,17-18,21,27H,11-12,16H2,1-3H3,(H,39,44)/t21-,27?/m1/s1. The number of Topliss-reactive ketones (excluding diaryl/α,β-unsaturated/α-hetero) is 1. The molecule has 12 heteroatoms. The number of hydrogen-bond acceptors (Lipinski definition) is 4. The summed E-state index contributed by atoms with van der Waals surface area (Å²) in [6.45, 7) is 3.63. The highest BCUT2D eigenvalue weighted by molar-refractivity contribution is 5.95. The quantitative estimate of drug-likeness (QED) is 0.179. The molecule has 232 valence electrons. The first-order valence-electron chi connectivity index (χ1n) is 13.8. The summed E-state index contributed by atoms with van der Waals surface area (Å²) in [5, 5.41) is 6.01. The highest BCUT2D eigenvalue weighted by Gasteiger charge is 2.35. The Labute approximate surface area is 250 Å². The Hall–Kier alpha value is -4.48. The van der Waals surface area contributed by atoms with Gasteiger partial charge in [0.25, 0.3) is 5.91 Å². The average molecular weight is 617 g/mol. The number of benzene rings is 2. The van der Waals surface area contributed by atoms with Crippen molar-refractivity contribution >= 4 is 11.7 Å². The summed E-state index contributed by atoms with van der Waals surface area (Å²) in [6.07, 6.45) is -2.29. The average Bonchev–Trinajstić information content (AvgIpc) is 3.46. The number of carbonyl (C=O) groups excluding carboxylic acids is 2. The van der Waals surface area contributed by atoms with Crippen LogP contribution in [0, 0.1) is 23.4 Å². The molecule has 1 unspecified atom stereocenters. The van der Waals surface area contributed by atoms with Gasteiger partial charge in [-0.2, -0.15) is 18.3 Å². The van der Waals surface area contributed by atoms with Crippen molar-refractivity contribution in [3.63, 3.8) is 0 Å². The minimum absolute atomic E-state index is 0.0603. The number of nitrogens with zero attached hydrogens (tertiary/aromatic N) is 3. The van der Waals surface area contributed by atoms with Crippen LogP contribution in [-0.2, 0) is 17.4 Å². The Bertz CT molecular complexity index is 1630. The van der Waals surface area contributed by atoms with Crippen LogP contribution < -0.4 is 5.32 Å². The van der Waals surface area contributed by atoms with Gasteiger partial charge in [0.15, 0.2) is 11.5 Å². The second-order valence-electron chi connectivity index (χ2n) is 10.9. The summed E-state index contributed by atoms with van der Waals surface area (Å²) >= 11 is 0. The molecule has 0 bridgehead atoms. The fraction of sp³-hybridized carbons (Fsp3) is 0.312. The molecule has 0 saturated heterocycles. The predicted molar refractivity (Wildman–Crippen MR) is 151 cm³/mol. The van der Waals surface area contributed by atoms with Crippen molar-refractivity contribution in [1.29, 1.82) is 0 Å². The van der Waals surface area contributed by atoms with Crippen LogP contribution in [-0.4, -0.2) is 33.5 Å². The summed E-state index contributed by atoms with van der Waals surface area (Å²) in [5.74, 6) is -4.44. The molecule has 0 spiro atoms. The largest absolute Gasteiger partial charge is 0.435 e. The Morgan fingerprint density at radius 3 is 2.30 bits per heavy atom. The SMILES string of the molecule is CNC(=O)c1cc(-c2cccnc2[C@@H](CC(=O)C(CC(C)C)n2ccc(C(F)(F)F)n2)Cc2cc(F)cc(F)c2)ccc1F. The van der Waals surface area contributed by atoms with E-state index in [4.69, 9.17) is 0 Å². The van der Waals surface area contributed by atoms with Gasteiger partial charge < -0.3 is 5.32 Å². The molecule has 44 heavy (non-hydrogen) atoms. The lowest BCUT2D eigenvalue weighted by Gasteiger charge is -2.24. The van der Waals surface area contributed by atoms with Crippen molar-refractivity contribution in [3.8, 4) is 11.1 Å². The number of aromatic nitrogens is 3. The molecule has 1 amide bonds. The van der Waals surface area contributed by atoms with E-state index in [1.54, 1.807) is 12.1 Å². The molecule has 6 nitrogen and oxygen atoms in total. The van der Waals surface area contributed by atoms with E-state index in [0.717, 1.165) is 35.1 Å². The number of hydrogen-bond donors (Lipinski definition) is 1. The summed E-state index contributed by atoms with van der Waals surface area (Å²) < 4.78 is 83.8. The molecule has 0 saturated carbocycles. The molecule has 0 radical (unpaired) electrons. The Kier molecular flexibility index (Phi) is 9.91. The second-order valence-corrected chi connectivity index (χ2v) is 10.9. The van der Waals surface area contributed by atoms with E-state index in [9.17, 15) is 35.9 Å². The summed E-state index contributed by atoms with van der Waals surface area (Å²) in [5.41, 5.74) is 0.0142. The molecule has 4 aromatic rings. The maximum Gasteiger partial charge on any atom is 0.435 e. The summed E-state index contributed by atoms with van der Waals surface area (Å²) in [4.78, 5) is 30.7. The first-order chi connectivity index (χ1) is 20.8. The Balaban J connectivity index is 1.80. The molecule has 2 aromatic heterocycles. The lowest BCUT2D eigenvalue weighted by atomic mass is 9.84. The lowest BCUT2D eigenvalue weighted by Crippen LogP contribution is -2.25. The van der Waals surface area contributed by atoms with E-state index < -0.39 is 53.0 Å². The van der Waals surface area contributed by atoms with Crippen LogP contribution in [0.2, 0.25) is 0 Å². The van der Waals surface area contributed by atoms with E-state index in [2.05, 4.69) is 15.4 Å². The predicted octanol–water partition coefficient (Wildman–Crippen LogP) is 7.31. The Morgan fingerprint density at radius 1 is 0.977 bits per heavy atom. The Morgan fingerprint density at radius 2 is 1.68 bits per heavy atom. The molecular weight excluding hydrogens is 586 g/mol. The van der Waals surface area contributed by atoms with Gasteiger partial charge in [-0.05, 0) is 66.3 Å². The molecule has 2 aromatic carbocycles. The first kappa shape index (κ1) is 32.4. The number of amides is 1. The smallest absolute Gasteiger partial charge is 0.355 e. The van der Waals surface area contributed by atoms with E-state index in [0.29, 0.717) is 22.9 Å². The third-order valence-corrected chi connectivity index (χ3v) is 7.11. The van der Waals surface area contributed by atoms with Crippen molar-refractivity contribution in [2.75, 3.05) is 7.05 Å². The second kappa shape index (κ2) is 13.4. The fourth-order valence-electron chi connectivity index (χ4n) is 5.14. The zero-order chi connectivity index (χ0) is 32.2. The molecule has 0 aliphatic heterocycles. The van der Waals surface area contributed by atoms with Crippen LogP contribution in [0.5, 0.6) is 0 Å². The monoisotopic (exact) mass is 616 g/mol. The number of nitrogens with one attached hydrogen (secondary N) is 1. The van der Waals surface area contributed by atoms with Crippen molar-refractivity contribution in [2.45, 2.75) is 51.2 Å². The van der Waals surface area contributed by atoms with E-state index in [1.807, 2.05) is 13.8 Å². The van der Waals surface area contributed by atoms with Gasteiger partial charge in [-0.25, -0.2) is 13.2 Å². The maximum absolute atomic E-state index is 14.5. The normalized spacial score (nSPS) is 13.1. The van der Waals surface area contributed by atoms with Crippen molar-refractivity contribution in [1.82, 2.24) is 20.1 Å². The highest BCUT2D eigenvalue weighted by Crippen LogP contribution is 2.36. The third-order valence-electron chi connectivity index (χ3n) is 7.11. The maximum atomic E-state index is 14.5. The van der Waals surface area contributed by atoms with Crippen LogP contribution in [0.3, 0.4) is 0 Å². The van der Waals surface area contributed by atoms with Crippen LogP contribution in [0.1, 0.15) is 66.0 Å². The van der Waals surface area contributed by atoms with Gasteiger partial charge in [-0.1, -0.05) is 26.0 Å². The molecule has 0 aliphatic carbocycles. The van der Waals surface area contributed by atoms with Gasteiger partial charge in [0.2, 0.25) is 0 Å². The van der Waals surface area contributed by atoms with Gasteiger partial charge in [0.1, 0.15) is 23.5 Å². The van der Waals surface area contributed by atoms with Crippen molar-refractivity contribution < 1.29 is 35.9 Å². The van der Waals surface area contributed by atoms with Crippen molar-refractivity contribution in [2.24, 2.45) is 5.92 Å². The van der Waals surface area contributed by atoms with Crippen LogP contribution in [0.15, 0.2) is 67.0 Å². The number of rotatable bonds is 11. The zero-order valence-electron chi connectivity index (χ0n) is 24.1. The number of ketones is 1. The molecule has 0 aliphatic rings. The molecular formula is C32H30F6N4O2. The molecule has 2 heterocycles. The number of alkyl halides is 3. The minimum Gasteiger partial charge on any atom is -0.355 e. The number of carbonyl (C=O) groups is 2. The van der Waals surface area contributed by atoms with Crippen molar-refractivity contribution in [3.05, 3.63) is 107 Å². The molecule has 4 rings (SSSR count). The zero-order valence-corrected chi connectivity index (χ0v) is 24.1. The van der Waals surface area contributed by atoms with Crippen LogP contribution in [0.4, 0.5) is 26.3 Å². The topological polar surface area (TPSA) is 76.9 Å². The van der Waals surface area contributed by atoms with E-state index >= 15 is 0 Å². The van der Waals surface area contributed by atoms with Gasteiger partial charge in [-0.3, -0.25) is 19.3 Å². The molecule has 0 fully saturated rings. The minimum atomic E-state index is -4.70. The number of pyridine rings is 1. The van der Waals surface area contributed by atoms with Gasteiger partial charge in [0.05, 0.1) is 11.3 Å². The third kappa shape index (κ3) is 7.72. The molecule has 1 N–H and O–H groups in total. The van der Waals surface area contributed by atoms with Gasteiger partial charge in [-0.15, -0.1) is 0 Å². The highest BCUT2D eigenvalue weighted by atomic mass is 19.4. The first-order valence-corrected chi connectivity index (χ1v) is 13.8. The summed E-state index contributed by atoms with van der Waals surface area (Å²) in [7, 11) is 1.36. The van der Waals surface area contributed by atoms with E-state index in [1.165, 1.54) is 25.4 Å². The van der Waals surface area contributed by atoms with Gasteiger partial charge in [0, 0.05) is 43.4 Å². The van der Waals surface area contributed by atoms with Gasteiger partial charge >= 0.3 is 6.18 Å². The lowest BCUT2D eigenvalue weighted by molar-refractivity contribution is -0.142. The fourth-order valence-corrected chi connectivity index (χ4v) is 5.14.